The van der Waals surface area contributed by atoms with Crippen LogP contribution in [0.25, 0.3) is 0 Å². The largest absolute Gasteiger partial charge is 0.413 e. The molecule has 3 nitrogen and oxygen atoms in total. The molecule has 1 aliphatic rings. The highest BCUT2D eigenvalue weighted by molar-refractivity contribution is 9.10. The Hall–Kier alpha value is -0.790. The average molecular weight is 402 g/mol. The van der Waals surface area contributed by atoms with Gasteiger partial charge >= 0.3 is 6.18 Å². The molecule has 1 atom stereocenters. The molecule has 1 amide bonds. The zero-order valence-corrected chi connectivity index (χ0v) is 14.5. The van der Waals surface area contributed by atoms with E-state index < -0.39 is 23.5 Å². The molecule has 1 aliphatic heterocycles. The third kappa shape index (κ3) is 3.75. The molecule has 0 radical (unpaired) electrons. The molecule has 1 aromatic carbocycles. The van der Waals surface area contributed by atoms with E-state index in [-0.39, 0.29) is 18.0 Å². The molecule has 0 aliphatic carbocycles. The lowest BCUT2D eigenvalue weighted by atomic mass is 9.82. The summed E-state index contributed by atoms with van der Waals surface area (Å²) in [5.74, 6) is -0.494. The lowest BCUT2D eigenvalue weighted by Crippen LogP contribution is -2.61. The molecule has 1 fully saturated rings. The normalized spacial score (nSPS) is 17.9. The number of nitrogens with zero attached hydrogens (tertiary/aromatic N) is 1. The van der Waals surface area contributed by atoms with Gasteiger partial charge in [0.15, 0.2) is 6.04 Å². The van der Waals surface area contributed by atoms with E-state index in [2.05, 4.69) is 21.2 Å². The third-order valence-corrected chi connectivity index (χ3v) is 4.28. The zero-order chi connectivity index (χ0) is 15.8. The van der Waals surface area contributed by atoms with Crippen molar-refractivity contribution in [2.75, 3.05) is 20.1 Å². The van der Waals surface area contributed by atoms with Gasteiger partial charge in [0.2, 0.25) is 5.91 Å². The number of benzene rings is 1. The predicted molar refractivity (Wildman–Crippen MR) is 83.9 cm³/mol. The molecule has 0 saturated carbocycles. The van der Waals surface area contributed by atoms with E-state index in [9.17, 15) is 18.0 Å². The van der Waals surface area contributed by atoms with Crippen LogP contribution in [0, 0.1) is 5.41 Å². The van der Waals surface area contributed by atoms with Crippen LogP contribution >= 0.6 is 28.3 Å². The first-order valence-corrected chi connectivity index (χ1v) is 7.25. The van der Waals surface area contributed by atoms with Gasteiger partial charge in [-0.25, -0.2) is 0 Å². The van der Waals surface area contributed by atoms with Crippen LogP contribution in [-0.4, -0.2) is 37.1 Å². The van der Waals surface area contributed by atoms with Crippen molar-refractivity contribution in [1.29, 1.82) is 0 Å². The van der Waals surface area contributed by atoms with Gasteiger partial charge in [-0.3, -0.25) is 4.79 Å². The first kappa shape index (κ1) is 19.3. The summed E-state index contributed by atoms with van der Waals surface area (Å²) in [6, 6.07) is 3.91. The van der Waals surface area contributed by atoms with Gasteiger partial charge in [-0.15, -0.1) is 12.4 Å². The van der Waals surface area contributed by atoms with Crippen LogP contribution in [-0.2, 0) is 4.79 Å². The summed E-state index contributed by atoms with van der Waals surface area (Å²) in [6.45, 7) is 2.49. The summed E-state index contributed by atoms with van der Waals surface area (Å²) < 4.78 is 40.9. The van der Waals surface area contributed by atoms with Gasteiger partial charge in [0.05, 0.1) is 5.41 Å². The van der Waals surface area contributed by atoms with E-state index >= 15 is 0 Å². The Balaban J connectivity index is 0.00000242. The summed E-state index contributed by atoms with van der Waals surface area (Å²) in [7, 11) is 1.21. The third-order valence-electron chi connectivity index (χ3n) is 3.75. The molecule has 0 bridgehead atoms. The Morgan fingerprint density at radius 3 is 2.18 bits per heavy atom. The molecule has 0 aromatic heterocycles. The fourth-order valence-corrected chi connectivity index (χ4v) is 2.74. The lowest BCUT2D eigenvalue weighted by Gasteiger charge is -2.42. The number of nitrogens with one attached hydrogen (secondary N) is 1. The van der Waals surface area contributed by atoms with Gasteiger partial charge < -0.3 is 10.2 Å². The molecule has 1 N–H and O–H groups in total. The maximum absolute atomic E-state index is 13.4. The molecule has 1 heterocycles. The van der Waals surface area contributed by atoms with Crippen LogP contribution < -0.4 is 5.32 Å². The van der Waals surface area contributed by atoms with Crippen LogP contribution in [0.15, 0.2) is 28.7 Å². The number of hydrogen-bond donors (Lipinski definition) is 1. The first-order valence-electron chi connectivity index (χ1n) is 6.45. The molecule has 0 spiro atoms. The number of hydrogen-bond acceptors (Lipinski definition) is 2. The van der Waals surface area contributed by atoms with Crippen LogP contribution in [0.3, 0.4) is 0 Å². The minimum atomic E-state index is -4.52. The molecule has 22 heavy (non-hydrogen) atoms. The number of halogens is 5. The molecular formula is C14H17BrClF3N2O. The predicted octanol–water partition coefficient (Wildman–Crippen LogP) is 3.54. The molecule has 1 unspecified atom stereocenters. The van der Waals surface area contributed by atoms with E-state index in [0.29, 0.717) is 17.6 Å². The van der Waals surface area contributed by atoms with Crippen LogP contribution in [0.5, 0.6) is 0 Å². The van der Waals surface area contributed by atoms with Gasteiger partial charge in [-0.2, -0.15) is 13.2 Å². The number of alkyl halides is 3. The molecule has 2 rings (SSSR count). The zero-order valence-electron chi connectivity index (χ0n) is 12.1. The fourth-order valence-electron chi connectivity index (χ4n) is 2.47. The van der Waals surface area contributed by atoms with Gasteiger partial charge in [-0.05, 0) is 24.6 Å². The van der Waals surface area contributed by atoms with Crippen molar-refractivity contribution >= 4 is 34.2 Å². The minimum absolute atomic E-state index is 0. The maximum Gasteiger partial charge on any atom is 0.413 e. The van der Waals surface area contributed by atoms with Gasteiger partial charge in [0.1, 0.15) is 0 Å². The van der Waals surface area contributed by atoms with Crippen molar-refractivity contribution in [3.63, 3.8) is 0 Å². The molecular weight excluding hydrogens is 385 g/mol. The lowest BCUT2D eigenvalue weighted by molar-refractivity contribution is -0.193. The number of amides is 1. The second-order valence-electron chi connectivity index (χ2n) is 5.58. The summed E-state index contributed by atoms with van der Waals surface area (Å²) in [5.41, 5.74) is -0.703. The van der Waals surface area contributed by atoms with Crippen LogP contribution in [0.4, 0.5) is 13.2 Å². The molecule has 8 heteroatoms. The summed E-state index contributed by atoms with van der Waals surface area (Å²) in [4.78, 5) is 13.2. The smallest absolute Gasteiger partial charge is 0.329 e. The Morgan fingerprint density at radius 2 is 1.82 bits per heavy atom. The SMILES string of the molecule is CN(C(=O)C1(C)CNC1)C(c1ccc(Br)cc1)C(F)(F)F.Cl. The minimum Gasteiger partial charge on any atom is -0.329 e. The highest BCUT2D eigenvalue weighted by Crippen LogP contribution is 2.39. The fraction of sp³-hybridized carbons (Fsp3) is 0.500. The van der Waals surface area contributed by atoms with Crippen molar-refractivity contribution in [1.82, 2.24) is 10.2 Å². The Morgan fingerprint density at radius 1 is 1.32 bits per heavy atom. The van der Waals surface area contributed by atoms with Crippen molar-refractivity contribution in [3.05, 3.63) is 34.3 Å². The van der Waals surface area contributed by atoms with Gasteiger partial charge in [-0.1, -0.05) is 28.1 Å². The van der Waals surface area contributed by atoms with Crippen molar-refractivity contribution in [3.8, 4) is 0 Å². The quantitative estimate of drug-likeness (QED) is 0.840. The summed E-state index contributed by atoms with van der Waals surface area (Å²) >= 11 is 3.19. The average Bonchev–Trinajstić information content (AvgIpc) is 2.36. The van der Waals surface area contributed by atoms with Crippen LogP contribution in [0.1, 0.15) is 18.5 Å². The van der Waals surface area contributed by atoms with Crippen molar-refractivity contribution in [2.45, 2.75) is 19.1 Å². The monoisotopic (exact) mass is 400 g/mol. The molecule has 1 saturated heterocycles. The standard InChI is InChI=1S/C14H16BrF3N2O.ClH/c1-13(7-19-8-13)12(21)20(2)11(14(16,17)18)9-3-5-10(15)6-4-9;/h3-6,11,19H,7-8H2,1-2H3;1H. The summed E-state index contributed by atoms with van der Waals surface area (Å²) in [6.07, 6.45) is -4.52. The van der Waals surface area contributed by atoms with E-state index in [1.54, 1.807) is 19.1 Å². The second-order valence-corrected chi connectivity index (χ2v) is 6.49. The highest BCUT2D eigenvalue weighted by Gasteiger charge is 2.50. The molecule has 124 valence electrons. The Bertz CT molecular complexity index is 532. The maximum atomic E-state index is 13.4. The number of carbonyl (C=O) groups excluding carboxylic acids is 1. The van der Waals surface area contributed by atoms with Crippen molar-refractivity contribution < 1.29 is 18.0 Å². The first-order chi connectivity index (χ1) is 9.65. The highest BCUT2D eigenvalue weighted by atomic mass is 79.9. The van der Waals surface area contributed by atoms with E-state index in [1.807, 2.05) is 0 Å². The summed E-state index contributed by atoms with van der Waals surface area (Å²) in [5, 5.41) is 2.93. The topological polar surface area (TPSA) is 32.3 Å². The Kier molecular flexibility index (Phi) is 5.92. The van der Waals surface area contributed by atoms with E-state index in [4.69, 9.17) is 0 Å². The van der Waals surface area contributed by atoms with Gasteiger partial charge in [0, 0.05) is 24.6 Å². The molecule has 1 aromatic rings. The number of carbonyl (C=O) groups is 1. The number of rotatable bonds is 3. The second kappa shape index (κ2) is 6.76. The van der Waals surface area contributed by atoms with Crippen LogP contribution in [0.2, 0.25) is 0 Å². The van der Waals surface area contributed by atoms with E-state index in [0.717, 1.165) is 4.90 Å². The Labute approximate surface area is 141 Å². The van der Waals surface area contributed by atoms with Crippen molar-refractivity contribution in [2.24, 2.45) is 5.41 Å². The van der Waals surface area contributed by atoms with Gasteiger partial charge in [0.25, 0.3) is 0 Å². The van der Waals surface area contributed by atoms with E-state index in [1.165, 1.54) is 19.2 Å².